The minimum absolute atomic E-state index is 0.0814. The van der Waals surface area contributed by atoms with E-state index in [0.29, 0.717) is 66.0 Å². The zero-order valence-electron chi connectivity index (χ0n) is 26.2. The van der Waals surface area contributed by atoms with Gasteiger partial charge in [-0.3, -0.25) is 24.0 Å². The number of carbonyl (C=O) groups excluding carboxylic acids is 2. The van der Waals surface area contributed by atoms with Gasteiger partial charge in [0.1, 0.15) is 23.8 Å². The maximum Gasteiger partial charge on any atom is 0.302 e. The number of amides is 1. The summed E-state index contributed by atoms with van der Waals surface area (Å²) in [6.07, 6.45) is 5.27. The second kappa shape index (κ2) is 10.7. The van der Waals surface area contributed by atoms with Gasteiger partial charge in [-0.2, -0.15) is 5.10 Å². The lowest BCUT2D eigenvalue weighted by atomic mass is 9.90. The van der Waals surface area contributed by atoms with E-state index in [0.717, 1.165) is 18.5 Å². The van der Waals surface area contributed by atoms with Crippen molar-refractivity contribution >= 4 is 29.2 Å². The number of ether oxygens (including phenoxy) is 2. The smallest absolute Gasteiger partial charge is 0.302 e. The van der Waals surface area contributed by atoms with Crippen LogP contribution in [0, 0.1) is 12.3 Å². The van der Waals surface area contributed by atoms with Crippen LogP contribution in [0.2, 0.25) is 0 Å². The zero-order valence-corrected chi connectivity index (χ0v) is 26.2. The molecule has 12 heteroatoms. The van der Waals surface area contributed by atoms with Gasteiger partial charge >= 0.3 is 5.97 Å². The molecule has 1 aliphatic carbocycles. The van der Waals surface area contributed by atoms with Gasteiger partial charge in [-0.05, 0) is 54.5 Å². The van der Waals surface area contributed by atoms with E-state index < -0.39 is 5.97 Å². The quantitative estimate of drug-likeness (QED) is 0.312. The predicted molar refractivity (Wildman–Crippen MR) is 168 cm³/mol. The number of anilines is 3. The second-order valence-electron chi connectivity index (χ2n) is 13.1. The summed E-state index contributed by atoms with van der Waals surface area (Å²) < 4.78 is 16.4. The van der Waals surface area contributed by atoms with E-state index in [2.05, 4.69) is 33.8 Å². The van der Waals surface area contributed by atoms with Crippen molar-refractivity contribution in [2.75, 3.05) is 30.0 Å². The Morgan fingerprint density at radius 3 is 2.69 bits per heavy atom. The number of pyridine rings is 2. The summed E-state index contributed by atoms with van der Waals surface area (Å²) in [5, 5.41) is 7.86. The van der Waals surface area contributed by atoms with Crippen molar-refractivity contribution in [3.8, 4) is 11.1 Å². The van der Waals surface area contributed by atoms with Crippen molar-refractivity contribution in [3.05, 3.63) is 75.2 Å². The number of fused-ring (bicyclic) bond motifs is 3. The summed E-state index contributed by atoms with van der Waals surface area (Å²) >= 11 is 0. The van der Waals surface area contributed by atoms with Crippen LogP contribution in [0.5, 0.6) is 0 Å². The third kappa shape index (κ3) is 5.12. The number of hydrogen-bond donors (Lipinski definition) is 1. The number of hydrogen-bond acceptors (Lipinski definition) is 8. The number of carbonyl (C=O) groups is 2. The molecule has 0 saturated carbocycles. The molecule has 0 radical (unpaired) electrons. The number of nitrogens with zero attached hydrogens (tertiary/aromatic N) is 6. The molecule has 0 aromatic carbocycles. The van der Waals surface area contributed by atoms with Crippen molar-refractivity contribution in [2.45, 2.75) is 59.7 Å². The van der Waals surface area contributed by atoms with Crippen LogP contribution in [-0.2, 0) is 47.3 Å². The average molecular weight is 612 g/mol. The largest absolute Gasteiger partial charge is 0.461 e. The standard InChI is InChI=1S/C33H37N7O5/c1-19-10-29(36-40(19)23-16-44-17-23)35-26-11-22(15-37(5)31(26)42)24-6-7-34-30(25(24)18-45-20(2)41)39-9-8-38-27(32(39)43)12-21-13-33(3,4)14-28(21)38/h6-7,10-12,15,23H,8-9,13-14,16-18H2,1-5H3,(H,35,36). The number of aromatic nitrogens is 5. The van der Waals surface area contributed by atoms with Crippen LogP contribution in [0.15, 0.2) is 41.5 Å². The average Bonchev–Trinajstić information content (AvgIpc) is 3.58. The Balaban J connectivity index is 1.26. The SMILES string of the molecule is CC(=O)OCc1c(-c2cc(Nc3cc(C)n(C4COC4)n3)c(=O)n(C)c2)ccnc1N1CCn2c(cc3c2CC(C)(C)C3)C1=O. The molecule has 4 aromatic rings. The van der Waals surface area contributed by atoms with Gasteiger partial charge in [0.15, 0.2) is 5.82 Å². The maximum atomic E-state index is 14.0. The zero-order chi connectivity index (χ0) is 31.6. The van der Waals surface area contributed by atoms with Crippen molar-refractivity contribution in [1.29, 1.82) is 0 Å². The summed E-state index contributed by atoms with van der Waals surface area (Å²) in [6, 6.07) is 7.68. The highest BCUT2D eigenvalue weighted by molar-refractivity contribution is 6.06. The fourth-order valence-electron chi connectivity index (χ4n) is 6.78. The lowest BCUT2D eigenvalue weighted by Gasteiger charge is -2.31. The fourth-order valence-corrected chi connectivity index (χ4v) is 6.78. The summed E-state index contributed by atoms with van der Waals surface area (Å²) in [4.78, 5) is 45.5. The van der Waals surface area contributed by atoms with E-state index in [1.54, 1.807) is 30.4 Å². The van der Waals surface area contributed by atoms with Gasteiger partial charge in [0, 0.05) is 68.0 Å². The Morgan fingerprint density at radius 2 is 1.96 bits per heavy atom. The lowest BCUT2D eigenvalue weighted by molar-refractivity contribution is -0.142. The fraction of sp³-hybridized carbons (Fsp3) is 0.424. The van der Waals surface area contributed by atoms with E-state index in [9.17, 15) is 14.4 Å². The van der Waals surface area contributed by atoms with E-state index in [-0.39, 0.29) is 29.5 Å². The molecule has 3 aliphatic rings. The highest BCUT2D eigenvalue weighted by atomic mass is 16.5. The first kappa shape index (κ1) is 29.0. The van der Waals surface area contributed by atoms with Crippen molar-refractivity contribution in [3.63, 3.8) is 0 Å². The molecular weight excluding hydrogens is 574 g/mol. The first-order valence-electron chi connectivity index (χ1n) is 15.3. The van der Waals surface area contributed by atoms with Crippen LogP contribution < -0.4 is 15.8 Å². The molecule has 1 saturated heterocycles. The first-order chi connectivity index (χ1) is 21.5. The molecule has 0 unspecified atom stereocenters. The molecule has 4 aromatic heterocycles. The van der Waals surface area contributed by atoms with Crippen LogP contribution in [0.4, 0.5) is 17.3 Å². The van der Waals surface area contributed by atoms with Crippen molar-refractivity contribution < 1.29 is 19.1 Å². The van der Waals surface area contributed by atoms with Gasteiger partial charge in [-0.15, -0.1) is 0 Å². The monoisotopic (exact) mass is 611 g/mol. The van der Waals surface area contributed by atoms with Crippen LogP contribution in [0.1, 0.15) is 59.8 Å². The van der Waals surface area contributed by atoms with Crippen LogP contribution in [0.25, 0.3) is 11.1 Å². The third-order valence-corrected chi connectivity index (χ3v) is 8.98. The van der Waals surface area contributed by atoms with Crippen molar-refractivity contribution in [1.82, 2.24) is 23.9 Å². The molecule has 45 heavy (non-hydrogen) atoms. The van der Waals surface area contributed by atoms with Crippen LogP contribution >= 0.6 is 0 Å². The number of aryl methyl sites for hydroxylation is 2. The number of rotatable bonds is 7. The van der Waals surface area contributed by atoms with E-state index in [1.807, 2.05) is 29.8 Å². The summed E-state index contributed by atoms with van der Waals surface area (Å²) in [7, 11) is 1.68. The Kier molecular flexibility index (Phi) is 6.92. The van der Waals surface area contributed by atoms with Gasteiger partial charge < -0.3 is 23.9 Å². The Labute approximate surface area is 260 Å². The first-order valence-corrected chi connectivity index (χ1v) is 15.3. The normalized spacial score (nSPS) is 17.2. The summed E-state index contributed by atoms with van der Waals surface area (Å²) in [6.45, 7) is 10.1. The summed E-state index contributed by atoms with van der Waals surface area (Å²) in [5.41, 5.74) is 6.39. The Morgan fingerprint density at radius 1 is 1.16 bits per heavy atom. The van der Waals surface area contributed by atoms with Gasteiger partial charge in [0.05, 0.1) is 19.3 Å². The summed E-state index contributed by atoms with van der Waals surface area (Å²) in [5.74, 6) is 0.417. The van der Waals surface area contributed by atoms with Gasteiger partial charge in [-0.25, -0.2) is 4.98 Å². The minimum atomic E-state index is -0.445. The molecule has 2 aliphatic heterocycles. The van der Waals surface area contributed by atoms with Gasteiger partial charge in [0.2, 0.25) is 0 Å². The molecule has 1 amide bonds. The third-order valence-electron chi connectivity index (χ3n) is 8.98. The minimum Gasteiger partial charge on any atom is -0.461 e. The second-order valence-corrected chi connectivity index (χ2v) is 13.1. The van der Waals surface area contributed by atoms with Gasteiger partial charge in [-0.1, -0.05) is 13.8 Å². The van der Waals surface area contributed by atoms with E-state index >= 15 is 0 Å². The van der Waals surface area contributed by atoms with Gasteiger partial charge in [0.25, 0.3) is 11.5 Å². The maximum absolute atomic E-state index is 14.0. The molecular formula is C33H37N7O5. The Hall–Kier alpha value is -4.71. The molecule has 1 fully saturated rings. The molecule has 234 valence electrons. The molecule has 6 heterocycles. The highest BCUT2D eigenvalue weighted by Gasteiger charge is 2.37. The number of esters is 1. The van der Waals surface area contributed by atoms with Crippen LogP contribution in [0.3, 0.4) is 0 Å². The van der Waals surface area contributed by atoms with E-state index in [4.69, 9.17) is 9.47 Å². The topological polar surface area (TPSA) is 126 Å². The number of nitrogens with one attached hydrogen (secondary N) is 1. The highest BCUT2D eigenvalue weighted by Crippen LogP contribution is 2.40. The molecule has 12 nitrogen and oxygen atoms in total. The molecule has 0 spiro atoms. The molecule has 0 atom stereocenters. The molecule has 1 N–H and O–H groups in total. The lowest BCUT2D eigenvalue weighted by Crippen LogP contribution is -2.41. The molecule has 7 rings (SSSR count). The van der Waals surface area contributed by atoms with E-state index in [1.165, 1.54) is 22.7 Å². The molecule has 0 bridgehead atoms. The van der Waals surface area contributed by atoms with Crippen molar-refractivity contribution in [2.24, 2.45) is 12.5 Å². The predicted octanol–water partition coefficient (Wildman–Crippen LogP) is 3.92. The Bertz CT molecular complexity index is 1910. The van der Waals surface area contributed by atoms with Crippen LogP contribution in [-0.4, -0.2) is 55.5 Å².